The van der Waals surface area contributed by atoms with Crippen molar-refractivity contribution >= 4 is 5.91 Å². The Balaban J connectivity index is 1.99. The largest absolute Gasteiger partial charge is 0.507 e. The normalized spacial score (nSPS) is 18.0. The van der Waals surface area contributed by atoms with Gasteiger partial charge in [0.25, 0.3) is 5.91 Å². The zero-order valence-electron chi connectivity index (χ0n) is 11.3. The van der Waals surface area contributed by atoms with Gasteiger partial charge in [0, 0.05) is 6.54 Å². The van der Waals surface area contributed by atoms with E-state index >= 15 is 0 Å². The number of phenolic OH excluding ortho intramolecular Hbond substituents is 1. The van der Waals surface area contributed by atoms with Crippen molar-refractivity contribution in [1.29, 1.82) is 0 Å². The molecule has 1 aliphatic rings. The molecular weight excluding hydrogens is 242 g/mol. The molecule has 1 aromatic carbocycles. The molecule has 3 N–H and O–H groups in total. The van der Waals surface area contributed by atoms with Crippen molar-refractivity contribution in [2.75, 3.05) is 6.54 Å². The summed E-state index contributed by atoms with van der Waals surface area (Å²) in [4.78, 5) is 12.0. The topological polar surface area (TPSA) is 69.6 Å². The van der Waals surface area contributed by atoms with Crippen LogP contribution in [-0.4, -0.2) is 28.3 Å². The Kier molecular flexibility index (Phi) is 4.10. The van der Waals surface area contributed by atoms with Crippen LogP contribution in [0.2, 0.25) is 0 Å². The summed E-state index contributed by atoms with van der Waals surface area (Å²) >= 11 is 0. The van der Waals surface area contributed by atoms with Crippen molar-refractivity contribution in [1.82, 2.24) is 5.32 Å². The Morgan fingerprint density at radius 3 is 2.68 bits per heavy atom. The molecule has 0 heterocycles. The lowest BCUT2D eigenvalue weighted by Gasteiger charge is -2.32. The fourth-order valence-electron chi connectivity index (χ4n) is 2.57. The van der Waals surface area contributed by atoms with E-state index in [2.05, 4.69) is 5.32 Å². The molecule has 0 spiro atoms. The number of phenols is 1. The Morgan fingerprint density at radius 2 is 2.00 bits per heavy atom. The van der Waals surface area contributed by atoms with Crippen molar-refractivity contribution in [3.63, 3.8) is 0 Å². The summed E-state index contributed by atoms with van der Waals surface area (Å²) in [5, 5.41) is 22.9. The fraction of sp³-hybridized carbons (Fsp3) is 0.533. The second kappa shape index (κ2) is 5.61. The van der Waals surface area contributed by atoms with E-state index in [1.54, 1.807) is 25.1 Å². The first-order valence-corrected chi connectivity index (χ1v) is 6.81. The molecule has 1 amide bonds. The van der Waals surface area contributed by atoms with Crippen molar-refractivity contribution in [2.24, 2.45) is 0 Å². The first-order valence-electron chi connectivity index (χ1n) is 6.81. The number of carbonyl (C=O) groups excluding carboxylic acids is 1. The van der Waals surface area contributed by atoms with E-state index < -0.39 is 5.60 Å². The van der Waals surface area contributed by atoms with Crippen LogP contribution < -0.4 is 5.32 Å². The molecule has 0 radical (unpaired) electrons. The van der Waals surface area contributed by atoms with Crippen LogP contribution in [0.3, 0.4) is 0 Å². The van der Waals surface area contributed by atoms with Crippen molar-refractivity contribution in [3.05, 3.63) is 29.3 Å². The molecular formula is C15H21NO3. The number of amides is 1. The molecule has 1 aromatic rings. The van der Waals surface area contributed by atoms with Crippen LogP contribution in [0.1, 0.15) is 48.0 Å². The number of aryl methyl sites for hydroxylation is 1. The van der Waals surface area contributed by atoms with Crippen LogP contribution in [0.5, 0.6) is 5.75 Å². The number of hydrogen-bond donors (Lipinski definition) is 3. The summed E-state index contributed by atoms with van der Waals surface area (Å²) in [7, 11) is 0. The highest BCUT2D eigenvalue weighted by molar-refractivity contribution is 5.97. The number of aromatic hydroxyl groups is 1. The maximum atomic E-state index is 12.0. The average molecular weight is 263 g/mol. The summed E-state index contributed by atoms with van der Waals surface area (Å²) in [5.74, 6) is -0.323. The van der Waals surface area contributed by atoms with E-state index in [1.807, 2.05) is 0 Å². The summed E-state index contributed by atoms with van der Waals surface area (Å²) in [6.45, 7) is 2.00. The minimum Gasteiger partial charge on any atom is -0.507 e. The molecule has 104 valence electrons. The lowest BCUT2D eigenvalue weighted by atomic mass is 9.85. The van der Waals surface area contributed by atoms with Crippen molar-refractivity contribution < 1.29 is 15.0 Å². The van der Waals surface area contributed by atoms with E-state index in [0.717, 1.165) is 32.1 Å². The van der Waals surface area contributed by atoms with Crippen LogP contribution in [0.15, 0.2) is 18.2 Å². The quantitative estimate of drug-likeness (QED) is 0.782. The number of nitrogens with one attached hydrogen (secondary N) is 1. The Morgan fingerprint density at radius 1 is 1.32 bits per heavy atom. The maximum absolute atomic E-state index is 12.0. The molecule has 0 unspecified atom stereocenters. The Bertz CT molecular complexity index is 464. The van der Waals surface area contributed by atoms with Crippen LogP contribution in [0.4, 0.5) is 0 Å². The summed E-state index contributed by atoms with van der Waals surface area (Å²) in [6, 6.07) is 5.07. The van der Waals surface area contributed by atoms with Crippen molar-refractivity contribution in [3.8, 4) is 5.75 Å². The molecule has 1 aliphatic carbocycles. The third-order valence-corrected chi connectivity index (χ3v) is 3.84. The number of carbonyl (C=O) groups is 1. The minimum atomic E-state index is -0.784. The first kappa shape index (κ1) is 13.9. The van der Waals surface area contributed by atoms with Gasteiger partial charge in [-0.1, -0.05) is 31.4 Å². The van der Waals surface area contributed by atoms with Crippen molar-refractivity contribution in [2.45, 2.75) is 44.6 Å². The summed E-state index contributed by atoms with van der Waals surface area (Å²) < 4.78 is 0. The molecule has 0 aromatic heterocycles. The van der Waals surface area contributed by atoms with E-state index in [4.69, 9.17) is 0 Å². The zero-order chi connectivity index (χ0) is 13.9. The Labute approximate surface area is 113 Å². The average Bonchev–Trinajstić information content (AvgIpc) is 2.40. The number of hydrogen-bond acceptors (Lipinski definition) is 3. The number of benzene rings is 1. The highest BCUT2D eigenvalue weighted by atomic mass is 16.3. The minimum absolute atomic E-state index is 0.00985. The van der Waals surface area contributed by atoms with Crippen LogP contribution in [0, 0.1) is 6.92 Å². The molecule has 0 aliphatic heterocycles. The van der Waals surface area contributed by atoms with Gasteiger partial charge in [0.2, 0.25) is 0 Å². The molecule has 19 heavy (non-hydrogen) atoms. The van der Waals surface area contributed by atoms with Gasteiger partial charge in [-0.2, -0.15) is 0 Å². The number of aliphatic hydroxyl groups is 1. The van der Waals surface area contributed by atoms with E-state index in [0.29, 0.717) is 5.56 Å². The van der Waals surface area contributed by atoms with Crippen LogP contribution in [0.25, 0.3) is 0 Å². The van der Waals surface area contributed by atoms with E-state index in [-0.39, 0.29) is 23.8 Å². The van der Waals surface area contributed by atoms with Gasteiger partial charge in [-0.05, 0) is 31.4 Å². The van der Waals surface area contributed by atoms with Gasteiger partial charge in [0.15, 0.2) is 0 Å². The van der Waals surface area contributed by atoms with Gasteiger partial charge in [0.05, 0.1) is 11.2 Å². The number of para-hydroxylation sites is 1. The summed E-state index contributed by atoms with van der Waals surface area (Å²) in [5.41, 5.74) is 0.149. The van der Waals surface area contributed by atoms with E-state index in [1.165, 1.54) is 0 Å². The molecule has 1 saturated carbocycles. The molecule has 1 fully saturated rings. The van der Waals surface area contributed by atoms with Gasteiger partial charge in [-0.3, -0.25) is 4.79 Å². The highest BCUT2D eigenvalue weighted by Crippen LogP contribution is 2.27. The molecule has 0 saturated heterocycles. The molecule has 4 nitrogen and oxygen atoms in total. The highest BCUT2D eigenvalue weighted by Gasteiger charge is 2.29. The third kappa shape index (κ3) is 3.26. The maximum Gasteiger partial charge on any atom is 0.255 e. The Hall–Kier alpha value is -1.55. The standard InChI is InChI=1S/C15H21NO3/c1-11-6-5-7-12(13(11)17)14(18)16-10-15(19)8-3-2-4-9-15/h5-7,17,19H,2-4,8-10H2,1H3,(H,16,18). The van der Waals surface area contributed by atoms with Crippen LogP contribution in [-0.2, 0) is 0 Å². The summed E-state index contributed by atoms with van der Waals surface area (Å²) in [6.07, 6.45) is 4.61. The second-order valence-corrected chi connectivity index (χ2v) is 5.44. The zero-order valence-corrected chi connectivity index (χ0v) is 11.3. The second-order valence-electron chi connectivity index (χ2n) is 5.44. The molecule has 0 bridgehead atoms. The fourth-order valence-corrected chi connectivity index (χ4v) is 2.57. The van der Waals surface area contributed by atoms with Gasteiger partial charge in [-0.25, -0.2) is 0 Å². The predicted molar refractivity (Wildman–Crippen MR) is 73.2 cm³/mol. The van der Waals surface area contributed by atoms with Gasteiger partial charge in [-0.15, -0.1) is 0 Å². The SMILES string of the molecule is Cc1cccc(C(=O)NCC2(O)CCCCC2)c1O. The van der Waals surface area contributed by atoms with Gasteiger partial charge >= 0.3 is 0 Å². The predicted octanol–water partition coefficient (Wildman–Crippen LogP) is 2.13. The van der Waals surface area contributed by atoms with Crippen LogP contribution >= 0.6 is 0 Å². The van der Waals surface area contributed by atoms with E-state index in [9.17, 15) is 15.0 Å². The molecule has 0 atom stereocenters. The smallest absolute Gasteiger partial charge is 0.255 e. The van der Waals surface area contributed by atoms with Gasteiger partial charge in [0.1, 0.15) is 5.75 Å². The molecule has 4 heteroatoms. The number of rotatable bonds is 3. The lowest BCUT2D eigenvalue weighted by molar-refractivity contribution is 0.00523. The monoisotopic (exact) mass is 263 g/mol. The molecule has 2 rings (SSSR count). The van der Waals surface area contributed by atoms with Gasteiger partial charge < -0.3 is 15.5 Å². The lowest BCUT2D eigenvalue weighted by Crippen LogP contribution is -2.44. The first-order chi connectivity index (χ1) is 9.02. The third-order valence-electron chi connectivity index (χ3n) is 3.84.